The average Bonchev–Trinajstić information content (AvgIpc) is 3.20. The average molecular weight is 367 g/mol. The fraction of sp³-hybridized carbons (Fsp3) is 0.250. The highest BCUT2D eigenvalue weighted by molar-refractivity contribution is 5.75. The van der Waals surface area contributed by atoms with Gasteiger partial charge in [-0.15, -0.1) is 0 Å². The van der Waals surface area contributed by atoms with Crippen LogP contribution in [0.1, 0.15) is 18.7 Å². The van der Waals surface area contributed by atoms with Gasteiger partial charge in [0.1, 0.15) is 11.5 Å². The highest BCUT2D eigenvalue weighted by atomic mass is 16.5. The van der Waals surface area contributed by atoms with E-state index in [4.69, 9.17) is 14.0 Å². The van der Waals surface area contributed by atoms with Crippen LogP contribution in [-0.4, -0.2) is 29.8 Å². The van der Waals surface area contributed by atoms with Crippen LogP contribution in [0, 0.1) is 0 Å². The van der Waals surface area contributed by atoms with Crippen molar-refractivity contribution in [1.29, 1.82) is 0 Å². The fourth-order valence-electron chi connectivity index (χ4n) is 2.39. The van der Waals surface area contributed by atoms with Gasteiger partial charge in [-0.3, -0.25) is 4.79 Å². The molecule has 1 aromatic heterocycles. The van der Waals surface area contributed by atoms with Crippen LogP contribution in [0.4, 0.5) is 0 Å². The summed E-state index contributed by atoms with van der Waals surface area (Å²) in [5.41, 5.74) is 0.870. The van der Waals surface area contributed by atoms with Crippen LogP contribution in [0.5, 0.6) is 11.5 Å². The molecule has 3 aromatic rings. The molecule has 27 heavy (non-hydrogen) atoms. The Morgan fingerprint density at radius 3 is 2.56 bits per heavy atom. The van der Waals surface area contributed by atoms with Gasteiger partial charge in [0.05, 0.1) is 20.3 Å². The lowest BCUT2D eigenvalue weighted by atomic mass is 10.2. The van der Waals surface area contributed by atoms with E-state index < -0.39 is 0 Å². The van der Waals surface area contributed by atoms with Crippen LogP contribution >= 0.6 is 0 Å². The molecule has 1 amide bonds. The van der Waals surface area contributed by atoms with Crippen LogP contribution in [0.2, 0.25) is 0 Å². The molecule has 3 rings (SSSR count). The molecule has 0 aliphatic rings. The van der Waals surface area contributed by atoms with E-state index in [2.05, 4.69) is 15.5 Å². The smallest absolute Gasteiger partial charge is 0.246 e. The van der Waals surface area contributed by atoms with E-state index in [1.54, 1.807) is 7.11 Å². The lowest BCUT2D eigenvalue weighted by Gasteiger charge is -2.07. The lowest BCUT2D eigenvalue weighted by molar-refractivity contribution is -0.121. The first-order chi connectivity index (χ1) is 13.2. The molecule has 7 heteroatoms. The molecular weight excluding hydrogens is 346 g/mol. The minimum absolute atomic E-state index is 0.0900. The third kappa shape index (κ3) is 5.57. The molecule has 0 atom stereocenters. The van der Waals surface area contributed by atoms with Crippen molar-refractivity contribution in [3.63, 3.8) is 0 Å². The Balaban J connectivity index is 1.35. The van der Waals surface area contributed by atoms with Gasteiger partial charge in [-0.25, -0.2) is 0 Å². The Hall–Kier alpha value is -3.35. The molecule has 2 aromatic carbocycles. The van der Waals surface area contributed by atoms with Gasteiger partial charge in [0, 0.05) is 12.0 Å². The number of aromatic nitrogens is 2. The van der Waals surface area contributed by atoms with E-state index in [-0.39, 0.29) is 12.5 Å². The summed E-state index contributed by atoms with van der Waals surface area (Å²) in [5.74, 6) is 2.31. The number of amides is 1. The predicted octanol–water partition coefficient (Wildman–Crippen LogP) is 3.22. The van der Waals surface area contributed by atoms with Crippen LogP contribution in [0.3, 0.4) is 0 Å². The highest BCUT2D eigenvalue weighted by Crippen LogP contribution is 2.17. The summed E-state index contributed by atoms with van der Waals surface area (Å²) < 4.78 is 15.8. The van der Waals surface area contributed by atoms with Gasteiger partial charge in [0.25, 0.3) is 0 Å². The number of carbonyl (C=O) groups excluding carboxylic acids is 1. The van der Waals surface area contributed by atoms with Crippen molar-refractivity contribution in [2.75, 3.05) is 13.7 Å². The molecule has 1 heterocycles. The Bertz CT molecular complexity index is 847. The molecule has 0 bridgehead atoms. The minimum Gasteiger partial charge on any atom is -0.497 e. The highest BCUT2D eigenvalue weighted by Gasteiger charge is 2.09. The Morgan fingerprint density at radius 2 is 1.81 bits per heavy atom. The van der Waals surface area contributed by atoms with E-state index in [0.29, 0.717) is 31.2 Å². The maximum absolute atomic E-state index is 11.9. The van der Waals surface area contributed by atoms with Crippen molar-refractivity contribution in [3.05, 3.63) is 60.5 Å². The van der Waals surface area contributed by atoms with Gasteiger partial charge < -0.3 is 19.3 Å². The van der Waals surface area contributed by atoms with Crippen molar-refractivity contribution in [2.24, 2.45) is 0 Å². The number of rotatable bonds is 9. The number of nitrogens with zero attached hydrogens (tertiary/aromatic N) is 2. The summed E-state index contributed by atoms with van der Waals surface area (Å²) in [6.07, 6.45) is 0.965. The van der Waals surface area contributed by atoms with Crippen molar-refractivity contribution < 1.29 is 18.8 Å². The lowest BCUT2D eigenvalue weighted by Crippen LogP contribution is -2.23. The van der Waals surface area contributed by atoms with Crippen molar-refractivity contribution in [3.8, 4) is 22.9 Å². The van der Waals surface area contributed by atoms with Crippen LogP contribution < -0.4 is 14.8 Å². The Morgan fingerprint density at radius 1 is 1.07 bits per heavy atom. The minimum atomic E-state index is -0.0900. The second-order valence-electron chi connectivity index (χ2n) is 5.78. The third-order valence-electron chi connectivity index (χ3n) is 3.81. The summed E-state index contributed by atoms with van der Waals surface area (Å²) in [7, 11) is 1.62. The monoisotopic (exact) mass is 367 g/mol. The number of methoxy groups -OCH3 is 1. The normalized spacial score (nSPS) is 10.4. The molecular formula is C20H21N3O4. The molecule has 0 aliphatic carbocycles. The van der Waals surface area contributed by atoms with Crippen molar-refractivity contribution in [2.45, 2.75) is 19.4 Å². The maximum Gasteiger partial charge on any atom is 0.246 e. The summed E-state index contributed by atoms with van der Waals surface area (Å²) in [5, 5.41) is 6.69. The molecule has 1 N–H and O–H groups in total. The largest absolute Gasteiger partial charge is 0.497 e. The van der Waals surface area contributed by atoms with Crippen molar-refractivity contribution in [1.82, 2.24) is 15.5 Å². The van der Waals surface area contributed by atoms with E-state index >= 15 is 0 Å². The SMILES string of the molecule is COc1ccc(OCCCC(=O)NCc2nc(-c3ccccc3)no2)cc1. The Labute approximate surface area is 157 Å². The first kappa shape index (κ1) is 18.4. The first-order valence-electron chi connectivity index (χ1n) is 8.66. The zero-order valence-electron chi connectivity index (χ0n) is 15.1. The summed E-state index contributed by atoms with van der Waals surface area (Å²) in [6, 6.07) is 16.8. The number of nitrogens with one attached hydrogen (secondary N) is 1. The van der Waals surface area contributed by atoms with Crippen molar-refractivity contribution >= 4 is 5.91 Å². The van der Waals surface area contributed by atoms with Gasteiger partial charge in [0.2, 0.25) is 17.6 Å². The number of ether oxygens (including phenoxy) is 2. The molecule has 140 valence electrons. The van der Waals surface area contributed by atoms with Gasteiger partial charge in [-0.2, -0.15) is 4.98 Å². The van der Waals surface area contributed by atoms with Gasteiger partial charge in [0.15, 0.2) is 0 Å². The fourth-order valence-corrected chi connectivity index (χ4v) is 2.39. The molecule has 0 fully saturated rings. The zero-order chi connectivity index (χ0) is 18.9. The topological polar surface area (TPSA) is 86.5 Å². The summed E-state index contributed by atoms with van der Waals surface area (Å²) >= 11 is 0. The zero-order valence-corrected chi connectivity index (χ0v) is 15.1. The maximum atomic E-state index is 11.9. The standard InChI is InChI=1S/C20H21N3O4/c1-25-16-9-11-17(12-10-16)26-13-5-8-18(24)21-14-19-22-20(23-27-19)15-6-3-2-4-7-15/h2-4,6-7,9-12H,5,8,13-14H2,1H3,(H,21,24). The molecule has 7 nitrogen and oxygen atoms in total. The van der Waals surface area contributed by atoms with Gasteiger partial charge in [-0.05, 0) is 30.7 Å². The van der Waals surface area contributed by atoms with Crippen LogP contribution in [0.15, 0.2) is 59.1 Å². The molecule has 0 radical (unpaired) electrons. The van der Waals surface area contributed by atoms with E-state index in [9.17, 15) is 4.79 Å². The first-order valence-corrected chi connectivity index (χ1v) is 8.66. The van der Waals surface area contributed by atoms with Gasteiger partial charge in [-0.1, -0.05) is 35.5 Å². The summed E-state index contributed by atoms with van der Waals surface area (Å²) in [4.78, 5) is 16.2. The Kier molecular flexibility index (Phi) is 6.40. The molecule has 0 saturated carbocycles. The molecule has 0 aliphatic heterocycles. The molecule has 0 unspecified atom stereocenters. The number of hydrogen-bond acceptors (Lipinski definition) is 6. The molecule has 0 spiro atoms. The van der Waals surface area contributed by atoms with Crippen LogP contribution in [-0.2, 0) is 11.3 Å². The molecule has 0 saturated heterocycles. The van der Waals surface area contributed by atoms with E-state index in [1.165, 1.54) is 0 Å². The summed E-state index contributed by atoms with van der Waals surface area (Å²) in [6.45, 7) is 0.663. The quantitative estimate of drug-likeness (QED) is 0.585. The van der Waals surface area contributed by atoms with E-state index in [1.807, 2.05) is 54.6 Å². The number of carbonyl (C=O) groups is 1. The van der Waals surface area contributed by atoms with Crippen LogP contribution in [0.25, 0.3) is 11.4 Å². The second-order valence-corrected chi connectivity index (χ2v) is 5.78. The van der Waals surface area contributed by atoms with E-state index in [0.717, 1.165) is 17.1 Å². The second kappa shape index (κ2) is 9.38. The number of hydrogen-bond donors (Lipinski definition) is 1. The number of benzene rings is 2. The predicted molar refractivity (Wildman–Crippen MR) is 99.3 cm³/mol. The third-order valence-corrected chi connectivity index (χ3v) is 3.81. The van der Waals surface area contributed by atoms with Gasteiger partial charge >= 0.3 is 0 Å².